The van der Waals surface area contributed by atoms with Crippen LogP contribution in [0.15, 0.2) is 48.5 Å². The Balaban J connectivity index is 1.64. The second kappa shape index (κ2) is 7.17. The largest absolute Gasteiger partial charge is 0.465 e. The lowest BCUT2D eigenvalue weighted by Gasteiger charge is -2.26. The average Bonchev–Trinajstić information content (AvgIpc) is 2.61. The summed E-state index contributed by atoms with van der Waals surface area (Å²) in [6.45, 7) is 0. The highest BCUT2D eigenvalue weighted by Crippen LogP contribution is 2.23. The molecule has 0 aliphatic heterocycles. The van der Waals surface area contributed by atoms with Crippen molar-refractivity contribution >= 4 is 17.7 Å². The van der Waals surface area contributed by atoms with E-state index in [1.54, 1.807) is 6.07 Å². The van der Waals surface area contributed by atoms with E-state index in [9.17, 15) is 9.59 Å². The molecule has 1 unspecified atom stereocenters. The molecule has 2 amide bonds. The predicted octanol–water partition coefficient (Wildman–Crippen LogP) is 3.15. The Morgan fingerprint density at radius 3 is 2.62 bits per heavy atom. The normalized spacial score (nSPS) is 16.0. The molecule has 3 rings (SSSR count). The first-order valence-electron chi connectivity index (χ1n) is 7.98. The fourth-order valence-electron chi connectivity index (χ4n) is 3.00. The molecule has 124 valence electrons. The topological polar surface area (TPSA) is 67.4 Å². The van der Waals surface area contributed by atoms with Crippen molar-refractivity contribution in [1.82, 2.24) is 5.32 Å². The summed E-state index contributed by atoms with van der Waals surface area (Å²) in [5.74, 6) is -0.338. The number of carbonyl (C=O) groups excluding carboxylic acids is 2. The number of hydrogen-bond acceptors (Lipinski definition) is 3. The molecule has 2 N–H and O–H groups in total. The Hall–Kier alpha value is -2.82. The van der Waals surface area contributed by atoms with Gasteiger partial charge in [0.25, 0.3) is 0 Å². The van der Waals surface area contributed by atoms with Gasteiger partial charge in [0.1, 0.15) is 0 Å². The lowest BCUT2D eigenvalue weighted by atomic mass is 9.87. The SMILES string of the molecule is COC(=O)c1ccc2c(c1)CC(NC(=O)Nc1ccccc1)CC2. The number of methoxy groups -OCH3 is 1. The Bertz CT molecular complexity index is 744. The molecule has 5 heteroatoms. The van der Waals surface area contributed by atoms with Crippen LogP contribution in [-0.2, 0) is 17.6 Å². The van der Waals surface area contributed by atoms with Crippen molar-refractivity contribution in [2.75, 3.05) is 12.4 Å². The van der Waals surface area contributed by atoms with Crippen molar-refractivity contribution in [3.05, 3.63) is 65.2 Å². The molecule has 0 aromatic heterocycles. The van der Waals surface area contributed by atoms with Crippen LogP contribution in [0, 0.1) is 0 Å². The van der Waals surface area contributed by atoms with Crippen LogP contribution in [-0.4, -0.2) is 25.2 Å². The van der Waals surface area contributed by atoms with Gasteiger partial charge < -0.3 is 15.4 Å². The third kappa shape index (κ3) is 3.74. The van der Waals surface area contributed by atoms with Gasteiger partial charge in [0.2, 0.25) is 0 Å². The summed E-state index contributed by atoms with van der Waals surface area (Å²) in [5, 5.41) is 5.83. The molecule has 0 heterocycles. The van der Waals surface area contributed by atoms with Gasteiger partial charge in [-0.2, -0.15) is 0 Å². The molecule has 2 aromatic carbocycles. The molecule has 0 saturated carbocycles. The fourth-order valence-corrected chi connectivity index (χ4v) is 3.00. The number of fused-ring (bicyclic) bond motifs is 1. The molecule has 5 nitrogen and oxygen atoms in total. The van der Waals surface area contributed by atoms with Crippen LogP contribution in [0.25, 0.3) is 0 Å². The number of carbonyl (C=O) groups is 2. The molecule has 1 aliphatic rings. The average molecular weight is 324 g/mol. The number of amides is 2. The second-order valence-electron chi connectivity index (χ2n) is 5.88. The molecule has 1 aliphatic carbocycles. The Morgan fingerprint density at radius 1 is 1.08 bits per heavy atom. The third-order valence-corrected chi connectivity index (χ3v) is 4.22. The Labute approximate surface area is 141 Å². The van der Waals surface area contributed by atoms with Crippen molar-refractivity contribution in [2.24, 2.45) is 0 Å². The number of urea groups is 1. The zero-order chi connectivity index (χ0) is 16.9. The lowest BCUT2D eigenvalue weighted by molar-refractivity contribution is 0.0600. The number of ether oxygens (including phenoxy) is 1. The Morgan fingerprint density at radius 2 is 1.88 bits per heavy atom. The van der Waals surface area contributed by atoms with Gasteiger partial charge in [-0.25, -0.2) is 9.59 Å². The Kier molecular flexibility index (Phi) is 4.79. The highest BCUT2D eigenvalue weighted by atomic mass is 16.5. The molecular formula is C19H20N2O3. The zero-order valence-electron chi connectivity index (χ0n) is 13.5. The van der Waals surface area contributed by atoms with Crippen molar-refractivity contribution < 1.29 is 14.3 Å². The van der Waals surface area contributed by atoms with Gasteiger partial charge in [-0.05, 0) is 54.7 Å². The van der Waals surface area contributed by atoms with Crippen molar-refractivity contribution in [2.45, 2.75) is 25.3 Å². The number of aryl methyl sites for hydroxylation is 1. The fraction of sp³-hybridized carbons (Fsp3) is 0.263. The maximum absolute atomic E-state index is 12.1. The minimum Gasteiger partial charge on any atom is -0.465 e. The molecule has 0 spiro atoms. The van der Waals surface area contributed by atoms with E-state index in [1.165, 1.54) is 12.7 Å². The molecule has 0 fully saturated rings. The van der Waals surface area contributed by atoms with Gasteiger partial charge in [0, 0.05) is 11.7 Å². The molecule has 2 aromatic rings. The number of benzene rings is 2. The highest BCUT2D eigenvalue weighted by Gasteiger charge is 2.21. The minimum atomic E-state index is -0.338. The monoisotopic (exact) mass is 324 g/mol. The summed E-state index contributed by atoms with van der Waals surface area (Å²) in [7, 11) is 1.38. The van der Waals surface area contributed by atoms with Crippen LogP contribution in [0.4, 0.5) is 10.5 Å². The molecule has 0 bridgehead atoms. The summed E-state index contributed by atoms with van der Waals surface area (Å²) < 4.78 is 4.77. The van der Waals surface area contributed by atoms with E-state index in [-0.39, 0.29) is 18.0 Å². The van der Waals surface area contributed by atoms with Gasteiger partial charge in [-0.1, -0.05) is 24.3 Å². The number of rotatable bonds is 3. The van der Waals surface area contributed by atoms with Gasteiger partial charge in [0.05, 0.1) is 12.7 Å². The summed E-state index contributed by atoms with van der Waals surface area (Å²) in [6, 6.07) is 14.8. The number of para-hydroxylation sites is 1. The van der Waals surface area contributed by atoms with E-state index in [0.29, 0.717) is 12.0 Å². The maximum atomic E-state index is 12.1. The molecule has 0 saturated heterocycles. The van der Waals surface area contributed by atoms with Crippen molar-refractivity contribution in [3.8, 4) is 0 Å². The number of hydrogen-bond donors (Lipinski definition) is 2. The first-order valence-corrected chi connectivity index (χ1v) is 7.98. The number of nitrogens with one attached hydrogen (secondary N) is 2. The summed E-state index contributed by atoms with van der Waals surface area (Å²) in [5.41, 5.74) is 3.63. The van der Waals surface area contributed by atoms with Crippen LogP contribution in [0.3, 0.4) is 0 Å². The zero-order valence-corrected chi connectivity index (χ0v) is 13.5. The van der Waals surface area contributed by atoms with Gasteiger partial charge in [-0.15, -0.1) is 0 Å². The van der Waals surface area contributed by atoms with Crippen molar-refractivity contribution in [1.29, 1.82) is 0 Å². The van der Waals surface area contributed by atoms with Gasteiger partial charge in [-0.3, -0.25) is 0 Å². The van der Waals surface area contributed by atoms with Crippen molar-refractivity contribution in [3.63, 3.8) is 0 Å². The quantitative estimate of drug-likeness (QED) is 0.852. The van der Waals surface area contributed by atoms with Gasteiger partial charge in [0.15, 0.2) is 0 Å². The van der Waals surface area contributed by atoms with Crippen LogP contribution in [0.5, 0.6) is 0 Å². The van der Waals surface area contributed by atoms with Crippen LogP contribution >= 0.6 is 0 Å². The van der Waals surface area contributed by atoms with Crippen LogP contribution < -0.4 is 10.6 Å². The predicted molar refractivity (Wildman–Crippen MR) is 92.2 cm³/mol. The van der Waals surface area contributed by atoms with E-state index in [0.717, 1.165) is 24.1 Å². The van der Waals surface area contributed by atoms with Crippen LogP contribution in [0.2, 0.25) is 0 Å². The smallest absolute Gasteiger partial charge is 0.337 e. The molecule has 0 radical (unpaired) electrons. The van der Waals surface area contributed by atoms with E-state index < -0.39 is 0 Å². The highest BCUT2D eigenvalue weighted by molar-refractivity contribution is 5.90. The first-order chi connectivity index (χ1) is 11.7. The molecular weight excluding hydrogens is 304 g/mol. The van der Waals surface area contributed by atoms with E-state index >= 15 is 0 Å². The summed E-state index contributed by atoms with van der Waals surface area (Å²) in [4.78, 5) is 23.8. The second-order valence-corrected chi connectivity index (χ2v) is 5.88. The number of esters is 1. The standard InChI is InChI=1S/C19H20N2O3/c1-24-18(22)14-8-7-13-9-10-17(12-15(13)11-14)21-19(23)20-16-5-3-2-4-6-16/h2-8,11,17H,9-10,12H2,1H3,(H2,20,21,23). The molecule has 24 heavy (non-hydrogen) atoms. The van der Waals surface area contributed by atoms with E-state index in [4.69, 9.17) is 4.74 Å². The minimum absolute atomic E-state index is 0.0501. The summed E-state index contributed by atoms with van der Waals surface area (Å²) in [6.07, 6.45) is 2.47. The van der Waals surface area contributed by atoms with E-state index in [1.807, 2.05) is 42.5 Å². The van der Waals surface area contributed by atoms with Crippen LogP contribution in [0.1, 0.15) is 27.9 Å². The van der Waals surface area contributed by atoms with Gasteiger partial charge >= 0.3 is 12.0 Å². The first kappa shape index (κ1) is 16.1. The van der Waals surface area contributed by atoms with E-state index in [2.05, 4.69) is 10.6 Å². The lowest BCUT2D eigenvalue weighted by Crippen LogP contribution is -2.41. The summed E-state index contributed by atoms with van der Waals surface area (Å²) >= 11 is 0. The maximum Gasteiger partial charge on any atom is 0.337 e. The third-order valence-electron chi connectivity index (χ3n) is 4.22. The molecule has 1 atom stereocenters. The number of anilines is 1.